The van der Waals surface area contributed by atoms with Gasteiger partial charge in [-0.05, 0) is 31.1 Å². The van der Waals surface area contributed by atoms with E-state index in [2.05, 4.69) is 34.6 Å². The van der Waals surface area contributed by atoms with Gasteiger partial charge in [-0.15, -0.1) is 0 Å². The number of esters is 3. The maximum Gasteiger partial charge on any atom is 0.306 e. The van der Waals surface area contributed by atoms with Gasteiger partial charge >= 0.3 is 17.9 Å². The van der Waals surface area contributed by atoms with Crippen molar-refractivity contribution in [3.8, 4) is 0 Å². The van der Waals surface area contributed by atoms with Gasteiger partial charge in [0, 0.05) is 19.3 Å². The Morgan fingerprint density at radius 3 is 0.950 bits per heavy atom. The molecule has 0 aromatic heterocycles. The van der Waals surface area contributed by atoms with Crippen LogP contribution in [0, 0.1) is 11.8 Å². The van der Waals surface area contributed by atoms with Gasteiger partial charge in [-0.25, -0.2) is 0 Å². The molecular weight excluding hydrogens is 745 g/mol. The van der Waals surface area contributed by atoms with E-state index in [1.165, 1.54) is 186 Å². The van der Waals surface area contributed by atoms with E-state index in [1.807, 2.05) is 0 Å². The molecule has 0 aliphatic rings. The molecule has 0 aliphatic heterocycles. The summed E-state index contributed by atoms with van der Waals surface area (Å²) in [6.45, 7) is 11.4. The van der Waals surface area contributed by atoms with Crippen molar-refractivity contribution in [2.24, 2.45) is 11.8 Å². The van der Waals surface area contributed by atoms with Crippen LogP contribution in [-0.4, -0.2) is 37.2 Å². The van der Waals surface area contributed by atoms with Gasteiger partial charge in [0.15, 0.2) is 6.10 Å². The Balaban J connectivity index is 4.31. The van der Waals surface area contributed by atoms with Crippen LogP contribution in [0.15, 0.2) is 0 Å². The second-order valence-electron chi connectivity index (χ2n) is 19.2. The quantitative estimate of drug-likeness (QED) is 0.0345. The monoisotopic (exact) mass is 849 g/mol. The third-order valence-corrected chi connectivity index (χ3v) is 12.6. The molecule has 0 fully saturated rings. The number of hydrogen-bond donors (Lipinski definition) is 0. The highest BCUT2D eigenvalue weighted by molar-refractivity contribution is 5.71. The van der Waals surface area contributed by atoms with Crippen LogP contribution < -0.4 is 0 Å². The number of carbonyl (C=O) groups is 3. The third kappa shape index (κ3) is 45.9. The van der Waals surface area contributed by atoms with Crippen LogP contribution in [0.1, 0.15) is 298 Å². The molecule has 0 aliphatic carbocycles. The number of carbonyl (C=O) groups excluding carboxylic acids is 3. The van der Waals surface area contributed by atoms with Crippen LogP contribution in [0.5, 0.6) is 0 Å². The van der Waals surface area contributed by atoms with Gasteiger partial charge in [-0.1, -0.05) is 259 Å². The van der Waals surface area contributed by atoms with Gasteiger partial charge in [0.2, 0.25) is 0 Å². The Morgan fingerprint density at radius 1 is 0.350 bits per heavy atom. The van der Waals surface area contributed by atoms with Crippen LogP contribution in [-0.2, 0) is 28.6 Å². The lowest BCUT2D eigenvalue weighted by Crippen LogP contribution is -2.30. The van der Waals surface area contributed by atoms with E-state index in [9.17, 15) is 14.4 Å². The smallest absolute Gasteiger partial charge is 0.306 e. The number of ether oxygens (including phenoxy) is 3. The number of unbranched alkanes of at least 4 members (excludes halogenated alkanes) is 32. The Labute approximate surface area is 374 Å². The lowest BCUT2D eigenvalue weighted by Gasteiger charge is -2.18. The Hall–Kier alpha value is -1.59. The molecule has 0 rings (SSSR count). The van der Waals surface area contributed by atoms with E-state index in [0.29, 0.717) is 19.3 Å². The summed E-state index contributed by atoms with van der Waals surface area (Å²) in [6, 6.07) is 0. The predicted molar refractivity (Wildman–Crippen MR) is 256 cm³/mol. The molecule has 0 spiro atoms. The summed E-state index contributed by atoms with van der Waals surface area (Å²) in [5.74, 6) is 0.825. The average Bonchev–Trinajstić information content (AvgIpc) is 3.23. The van der Waals surface area contributed by atoms with Crippen molar-refractivity contribution in [2.75, 3.05) is 13.2 Å². The lowest BCUT2D eigenvalue weighted by atomic mass is 9.99. The molecule has 2 atom stereocenters. The molecule has 60 heavy (non-hydrogen) atoms. The second-order valence-corrected chi connectivity index (χ2v) is 19.2. The first-order valence-electron chi connectivity index (χ1n) is 26.8. The molecule has 0 N–H and O–H groups in total. The summed E-state index contributed by atoms with van der Waals surface area (Å²) >= 11 is 0. The van der Waals surface area contributed by atoms with Gasteiger partial charge in [-0.3, -0.25) is 14.4 Å². The predicted octanol–water partition coefficient (Wildman–Crippen LogP) is 17.3. The summed E-state index contributed by atoms with van der Waals surface area (Å²) in [7, 11) is 0. The summed E-state index contributed by atoms with van der Waals surface area (Å²) < 4.78 is 16.8. The molecule has 0 saturated carbocycles. The van der Waals surface area contributed by atoms with Crippen LogP contribution >= 0.6 is 0 Å². The Bertz CT molecular complexity index is 918. The van der Waals surface area contributed by atoms with Crippen molar-refractivity contribution >= 4 is 17.9 Å². The maximum absolute atomic E-state index is 12.8. The molecular formula is C54H104O6. The van der Waals surface area contributed by atoms with E-state index in [1.54, 1.807) is 0 Å². The fraction of sp³-hybridized carbons (Fsp3) is 0.944. The highest BCUT2D eigenvalue weighted by atomic mass is 16.6. The molecule has 0 bridgehead atoms. The second kappa shape index (κ2) is 46.9. The molecule has 6 nitrogen and oxygen atoms in total. The summed E-state index contributed by atoms with van der Waals surface area (Å²) in [5, 5.41) is 0. The van der Waals surface area contributed by atoms with Gasteiger partial charge in [0.25, 0.3) is 0 Å². The molecule has 356 valence electrons. The number of rotatable bonds is 48. The zero-order valence-corrected chi connectivity index (χ0v) is 41.1. The van der Waals surface area contributed by atoms with E-state index in [-0.39, 0.29) is 31.1 Å². The highest BCUT2D eigenvalue weighted by Crippen LogP contribution is 2.18. The first-order chi connectivity index (χ1) is 29.3. The molecule has 0 aromatic rings. The minimum Gasteiger partial charge on any atom is -0.462 e. The minimum atomic E-state index is -0.762. The maximum atomic E-state index is 12.8. The van der Waals surface area contributed by atoms with Gasteiger partial charge in [0.1, 0.15) is 13.2 Å². The van der Waals surface area contributed by atoms with Crippen LogP contribution in [0.25, 0.3) is 0 Å². The fourth-order valence-corrected chi connectivity index (χ4v) is 8.13. The number of hydrogen-bond acceptors (Lipinski definition) is 6. The molecule has 0 radical (unpaired) electrons. The Kier molecular flexibility index (Phi) is 45.7. The molecule has 1 unspecified atom stereocenters. The fourth-order valence-electron chi connectivity index (χ4n) is 8.13. The lowest BCUT2D eigenvalue weighted by molar-refractivity contribution is -0.167. The first-order valence-corrected chi connectivity index (χ1v) is 26.8. The Morgan fingerprint density at radius 2 is 0.633 bits per heavy atom. The standard InChI is InChI=1S/C54H104O6/c1-6-8-9-10-11-12-13-14-15-16-17-20-23-29-34-39-44-52(55)58-47-51(48-59-53(56)45-40-35-30-26-25-28-33-38-43-50(5)7-2)60-54(57)46-41-36-31-24-21-18-19-22-27-32-37-42-49(3)4/h49-51H,6-48H2,1-5H3/t50?,51-/m1/s1. The van der Waals surface area contributed by atoms with Crippen molar-refractivity contribution < 1.29 is 28.6 Å². The molecule has 0 amide bonds. The third-order valence-electron chi connectivity index (χ3n) is 12.6. The van der Waals surface area contributed by atoms with Crippen molar-refractivity contribution in [2.45, 2.75) is 304 Å². The zero-order valence-electron chi connectivity index (χ0n) is 41.1. The minimum absolute atomic E-state index is 0.0637. The van der Waals surface area contributed by atoms with Gasteiger partial charge < -0.3 is 14.2 Å². The van der Waals surface area contributed by atoms with Gasteiger partial charge in [-0.2, -0.15) is 0 Å². The van der Waals surface area contributed by atoms with Crippen molar-refractivity contribution in [3.05, 3.63) is 0 Å². The first kappa shape index (κ1) is 58.4. The highest BCUT2D eigenvalue weighted by Gasteiger charge is 2.19. The average molecular weight is 849 g/mol. The van der Waals surface area contributed by atoms with Crippen LogP contribution in [0.3, 0.4) is 0 Å². The molecule has 0 heterocycles. The van der Waals surface area contributed by atoms with Crippen molar-refractivity contribution in [1.29, 1.82) is 0 Å². The SMILES string of the molecule is CCCCCCCCCCCCCCCCCCC(=O)OC[C@H](COC(=O)CCCCCCCCCCC(C)CC)OC(=O)CCCCCCCCCCCCCC(C)C. The molecule has 0 aromatic carbocycles. The summed E-state index contributed by atoms with van der Waals surface area (Å²) in [5.41, 5.74) is 0. The molecule has 0 saturated heterocycles. The molecule has 6 heteroatoms. The van der Waals surface area contributed by atoms with Crippen LogP contribution in [0.4, 0.5) is 0 Å². The van der Waals surface area contributed by atoms with E-state index in [0.717, 1.165) is 69.6 Å². The normalized spacial score (nSPS) is 12.5. The van der Waals surface area contributed by atoms with Crippen LogP contribution in [0.2, 0.25) is 0 Å². The van der Waals surface area contributed by atoms with E-state index >= 15 is 0 Å². The van der Waals surface area contributed by atoms with Crippen molar-refractivity contribution in [3.63, 3.8) is 0 Å². The largest absolute Gasteiger partial charge is 0.462 e. The summed E-state index contributed by atoms with van der Waals surface area (Å²) in [4.78, 5) is 38.0. The van der Waals surface area contributed by atoms with Crippen molar-refractivity contribution in [1.82, 2.24) is 0 Å². The summed E-state index contributed by atoms with van der Waals surface area (Å²) in [6.07, 6.45) is 48.0. The van der Waals surface area contributed by atoms with E-state index < -0.39 is 6.10 Å². The van der Waals surface area contributed by atoms with Gasteiger partial charge in [0.05, 0.1) is 0 Å². The van der Waals surface area contributed by atoms with E-state index in [4.69, 9.17) is 14.2 Å². The topological polar surface area (TPSA) is 78.9 Å². The zero-order chi connectivity index (χ0) is 44.0.